The number of rotatable bonds is 32. The second-order valence-corrected chi connectivity index (χ2v) is 12.5. The average Bonchev–Trinajstić information content (AvgIpc) is 3.06. The van der Waals surface area contributed by atoms with Gasteiger partial charge in [0.05, 0.1) is 7.11 Å². The number of H-pyrrole nitrogens is 1. The number of hydrogen-bond acceptors (Lipinski definition) is 9. The van der Waals surface area contributed by atoms with Crippen LogP contribution in [-0.2, 0) is 14.3 Å². The number of methoxy groups -OCH3 is 1. The first-order valence-electron chi connectivity index (χ1n) is 18.4. The van der Waals surface area contributed by atoms with E-state index in [0.717, 1.165) is 103 Å². The van der Waals surface area contributed by atoms with Crippen molar-refractivity contribution in [2.75, 3.05) is 51.0 Å². The molecular formula is C36H67N5O5. The monoisotopic (exact) mass is 650 g/mol. The van der Waals surface area contributed by atoms with Crippen LogP contribution in [0.4, 0.5) is 11.4 Å². The number of anilines is 2. The Hall–Kier alpha value is -2.62. The van der Waals surface area contributed by atoms with Crippen LogP contribution < -0.4 is 20.9 Å². The van der Waals surface area contributed by atoms with Gasteiger partial charge in [-0.25, -0.2) is 5.10 Å². The molecule has 1 heterocycles. The minimum Gasteiger partial charge on any atom is -0.478 e. The molecule has 0 amide bonds. The molecule has 0 saturated carbocycles. The first kappa shape index (κ1) is 41.4. The molecule has 266 valence electrons. The van der Waals surface area contributed by atoms with Gasteiger partial charge in [-0.3, -0.25) is 9.59 Å². The van der Waals surface area contributed by atoms with Gasteiger partial charge in [-0.2, -0.15) is 0 Å². The highest BCUT2D eigenvalue weighted by molar-refractivity contribution is 5.72. The summed E-state index contributed by atoms with van der Waals surface area (Å²) >= 11 is 0. The van der Waals surface area contributed by atoms with E-state index >= 15 is 0 Å². The Morgan fingerprint density at radius 2 is 1.46 bits per heavy atom. The molecule has 0 aromatic carbocycles. The minimum atomic E-state index is -0.286. The van der Waals surface area contributed by atoms with Gasteiger partial charge in [-0.15, -0.1) is 5.10 Å². The maximum Gasteiger partial charge on any atom is 0.306 e. The zero-order chi connectivity index (χ0) is 33.7. The van der Waals surface area contributed by atoms with Crippen LogP contribution in [-0.4, -0.2) is 73.8 Å². The number of aromatic nitrogens is 2. The third-order valence-electron chi connectivity index (χ3n) is 8.63. The molecule has 3 N–H and O–H groups in total. The molecule has 1 rings (SSSR count). The Bertz CT molecular complexity index is 957. The lowest BCUT2D eigenvalue weighted by atomic mass is 10.1. The van der Waals surface area contributed by atoms with Crippen LogP contribution in [0.2, 0.25) is 0 Å². The Morgan fingerprint density at radius 3 is 2.09 bits per heavy atom. The van der Waals surface area contributed by atoms with Crippen molar-refractivity contribution in [3.63, 3.8) is 0 Å². The summed E-state index contributed by atoms with van der Waals surface area (Å²) < 4.78 is 11.1. The third kappa shape index (κ3) is 19.8. The summed E-state index contributed by atoms with van der Waals surface area (Å²) in [4.78, 5) is 37.6. The molecular weight excluding hydrogens is 582 g/mol. The highest BCUT2D eigenvalue weighted by Gasteiger charge is 2.14. The van der Waals surface area contributed by atoms with Crippen molar-refractivity contribution < 1.29 is 19.1 Å². The minimum absolute atomic E-state index is 0.0286. The Morgan fingerprint density at radius 1 is 0.848 bits per heavy atom. The van der Waals surface area contributed by atoms with Crippen LogP contribution in [0.15, 0.2) is 4.79 Å². The topological polar surface area (TPSA) is 126 Å². The van der Waals surface area contributed by atoms with Gasteiger partial charge in [0.2, 0.25) is 0 Å². The van der Waals surface area contributed by atoms with Gasteiger partial charge in [0.25, 0.3) is 11.4 Å². The summed E-state index contributed by atoms with van der Waals surface area (Å²) in [6.07, 6.45) is 23.7. The molecule has 46 heavy (non-hydrogen) atoms. The number of nitrogens with one attached hydrogen (secondary N) is 3. The fraction of sp³-hybridized carbons (Fsp3) is 0.833. The smallest absolute Gasteiger partial charge is 0.306 e. The van der Waals surface area contributed by atoms with E-state index in [4.69, 9.17) is 9.47 Å². The lowest BCUT2D eigenvalue weighted by Gasteiger charge is -2.23. The van der Waals surface area contributed by atoms with Crippen molar-refractivity contribution in [3.05, 3.63) is 10.4 Å². The lowest BCUT2D eigenvalue weighted by Crippen LogP contribution is -2.29. The summed E-state index contributed by atoms with van der Waals surface area (Å²) in [5, 5.41) is 12.7. The van der Waals surface area contributed by atoms with Crippen LogP contribution >= 0.6 is 0 Å². The molecule has 1 aromatic heterocycles. The highest BCUT2D eigenvalue weighted by atomic mass is 16.5. The first-order chi connectivity index (χ1) is 22.5. The molecule has 0 bridgehead atoms. The highest BCUT2D eigenvalue weighted by Crippen LogP contribution is 2.26. The number of aromatic amines is 1. The fourth-order valence-corrected chi connectivity index (χ4v) is 5.81. The van der Waals surface area contributed by atoms with Crippen molar-refractivity contribution in [2.24, 2.45) is 0 Å². The number of unbranched alkanes of at least 4 members (excludes halogenated alkanes) is 14. The van der Waals surface area contributed by atoms with E-state index < -0.39 is 0 Å². The van der Waals surface area contributed by atoms with Gasteiger partial charge in [-0.1, -0.05) is 84.5 Å². The number of aldehydes is 1. The summed E-state index contributed by atoms with van der Waals surface area (Å²) in [6, 6.07) is 0. The zero-order valence-electron chi connectivity index (χ0n) is 29.8. The van der Waals surface area contributed by atoms with Crippen LogP contribution in [0.3, 0.4) is 0 Å². The fourth-order valence-electron chi connectivity index (χ4n) is 5.81. The Kier molecular flexibility index (Phi) is 25.7. The van der Waals surface area contributed by atoms with Gasteiger partial charge in [0, 0.05) is 26.4 Å². The molecule has 1 aromatic rings. The number of carbonyl (C=O) groups excluding carboxylic acids is 2. The van der Waals surface area contributed by atoms with Gasteiger partial charge in [-0.05, 0) is 71.0 Å². The van der Waals surface area contributed by atoms with Gasteiger partial charge in [0.1, 0.15) is 23.8 Å². The van der Waals surface area contributed by atoms with Crippen molar-refractivity contribution >= 4 is 23.6 Å². The first-order valence-corrected chi connectivity index (χ1v) is 18.4. The van der Waals surface area contributed by atoms with Gasteiger partial charge >= 0.3 is 5.97 Å². The predicted octanol–water partition coefficient (Wildman–Crippen LogP) is 7.88. The molecule has 0 aliphatic carbocycles. The lowest BCUT2D eigenvalue weighted by molar-refractivity contribution is -0.149. The van der Waals surface area contributed by atoms with E-state index in [1.165, 1.54) is 52.1 Å². The van der Waals surface area contributed by atoms with Crippen molar-refractivity contribution in [1.82, 2.24) is 15.1 Å². The van der Waals surface area contributed by atoms with Gasteiger partial charge < -0.3 is 29.8 Å². The van der Waals surface area contributed by atoms with Crippen molar-refractivity contribution in [1.29, 1.82) is 0 Å². The number of carbonyl (C=O) groups is 2. The van der Waals surface area contributed by atoms with E-state index in [-0.39, 0.29) is 17.6 Å². The maximum absolute atomic E-state index is 12.4. The molecule has 1 atom stereocenters. The van der Waals surface area contributed by atoms with E-state index in [0.29, 0.717) is 36.6 Å². The number of nitrogens with zero attached hydrogens (tertiary/aromatic N) is 2. The number of esters is 1. The Labute approximate surface area is 279 Å². The van der Waals surface area contributed by atoms with Crippen LogP contribution in [0, 0.1) is 0 Å². The van der Waals surface area contributed by atoms with E-state index in [2.05, 4.69) is 39.6 Å². The second-order valence-electron chi connectivity index (χ2n) is 12.5. The summed E-state index contributed by atoms with van der Waals surface area (Å²) in [6.45, 7) is 8.14. The van der Waals surface area contributed by atoms with E-state index in [1.807, 2.05) is 0 Å². The Balaban J connectivity index is 2.37. The van der Waals surface area contributed by atoms with Crippen LogP contribution in [0.1, 0.15) is 149 Å². The molecule has 0 fully saturated rings. The van der Waals surface area contributed by atoms with Crippen molar-refractivity contribution in [3.8, 4) is 5.88 Å². The second kappa shape index (κ2) is 28.6. The number of hydrogen-bond donors (Lipinski definition) is 3. The van der Waals surface area contributed by atoms with E-state index in [9.17, 15) is 14.4 Å². The quantitative estimate of drug-likeness (QED) is 0.0406. The average molecular weight is 650 g/mol. The third-order valence-corrected chi connectivity index (χ3v) is 8.63. The maximum atomic E-state index is 12.4. The SMILES string of the molecule is CCCCCCCCC(CC)OC(=O)CCCCCCCN(CCCCCCCC=O)CCCNc1c(OC)n[nH]c(=O)c1NC. The predicted molar refractivity (Wildman–Crippen MR) is 190 cm³/mol. The normalized spacial score (nSPS) is 11.8. The van der Waals surface area contributed by atoms with Crippen LogP contribution in [0.25, 0.3) is 0 Å². The zero-order valence-corrected chi connectivity index (χ0v) is 29.8. The molecule has 10 heteroatoms. The molecule has 0 aliphatic heterocycles. The van der Waals surface area contributed by atoms with Crippen molar-refractivity contribution in [2.45, 2.75) is 155 Å². The number of ether oxygens (including phenoxy) is 2. The molecule has 0 saturated heterocycles. The largest absolute Gasteiger partial charge is 0.478 e. The summed E-state index contributed by atoms with van der Waals surface area (Å²) in [5.74, 6) is 0.334. The summed E-state index contributed by atoms with van der Waals surface area (Å²) in [7, 11) is 3.25. The molecule has 1 unspecified atom stereocenters. The molecule has 0 aliphatic rings. The molecule has 0 radical (unpaired) electrons. The summed E-state index contributed by atoms with van der Waals surface area (Å²) in [5.41, 5.74) is 0.721. The van der Waals surface area contributed by atoms with E-state index in [1.54, 1.807) is 7.05 Å². The standard InChI is InChI=1S/C36H67N5O5/c1-5-7-8-9-13-18-24-31(6-2)46-32(43)25-19-14-12-16-21-28-41(27-20-15-10-11-17-22-30-42)29-23-26-38-34-33(37-3)35(44)39-40-36(34)45-4/h30-31H,5-29H2,1-4H3,(H,37,40)(H2,38,39,44). The van der Waals surface area contributed by atoms with Crippen LogP contribution in [0.5, 0.6) is 5.88 Å². The molecule has 10 nitrogen and oxygen atoms in total. The van der Waals surface area contributed by atoms with Gasteiger partial charge in [0.15, 0.2) is 0 Å². The molecule has 0 spiro atoms.